The van der Waals surface area contributed by atoms with E-state index in [2.05, 4.69) is 15.6 Å². The standard InChI is InChI=1S/C19H17N3O3S/c1-2-17(23)20-14-7-3-12(4-8-14)16-11-26-19(22-16)21-15-9-5-13(6-10-15)18(24)25/h3-11H,2H2,1H3,(H,20,23)(H,21,22)(H,24,25)/p-1. The molecule has 0 aliphatic carbocycles. The zero-order valence-electron chi connectivity index (χ0n) is 14.0. The largest absolute Gasteiger partial charge is 0.545 e. The summed E-state index contributed by atoms with van der Waals surface area (Å²) < 4.78 is 0. The predicted molar refractivity (Wildman–Crippen MR) is 101 cm³/mol. The number of anilines is 3. The van der Waals surface area contributed by atoms with E-state index in [0.29, 0.717) is 11.6 Å². The number of nitrogens with one attached hydrogen (secondary N) is 2. The van der Waals surface area contributed by atoms with E-state index in [-0.39, 0.29) is 11.5 Å². The maximum Gasteiger partial charge on any atom is 0.224 e. The highest BCUT2D eigenvalue weighted by Crippen LogP contribution is 2.28. The number of amides is 1. The van der Waals surface area contributed by atoms with E-state index in [0.717, 1.165) is 22.6 Å². The number of benzene rings is 2. The average molecular weight is 366 g/mol. The molecule has 0 unspecified atom stereocenters. The van der Waals surface area contributed by atoms with Crippen LogP contribution in [0.3, 0.4) is 0 Å². The number of carboxylic acids is 1. The molecular formula is C19H16N3O3S-. The molecule has 0 fully saturated rings. The van der Waals surface area contributed by atoms with Crippen molar-refractivity contribution in [2.24, 2.45) is 0 Å². The summed E-state index contributed by atoms with van der Waals surface area (Å²) in [5.74, 6) is -1.23. The molecule has 0 bridgehead atoms. The monoisotopic (exact) mass is 366 g/mol. The Morgan fingerprint density at radius 2 is 1.69 bits per heavy atom. The van der Waals surface area contributed by atoms with Crippen molar-refractivity contribution in [3.63, 3.8) is 0 Å². The first kappa shape index (κ1) is 17.6. The van der Waals surface area contributed by atoms with Gasteiger partial charge in [-0.05, 0) is 29.8 Å². The summed E-state index contributed by atoms with van der Waals surface area (Å²) in [6.07, 6.45) is 0.437. The van der Waals surface area contributed by atoms with Crippen LogP contribution in [0.2, 0.25) is 0 Å². The Labute approximate surface area is 154 Å². The molecule has 0 atom stereocenters. The number of rotatable bonds is 6. The zero-order valence-corrected chi connectivity index (χ0v) is 14.8. The molecule has 2 N–H and O–H groups in total. The summed E-state index contributed by atoms with van der Waals surface area (Å²) >= 11 is 1.45. The third-order valence-corrected chi connectivity index (χ3v) is 4.42. The van der Waals surface area contributed by atoms with Gasteiger partial charge in [0.25, 0.3) is 0 Å². The fraction of sp³-hybridized carbons (Fsp3) is 0.105. The van der Waals surface area contributed by atoms with Gasteiger partial charge in [-0.25, -0.2) is 4.98 Å². The van der Waals surface area contributed by atoms with Crippen LogP contribution in [0.25, 0.3) is 11.3 Å². The van der Waals surface area contributed by atoms with Crippen LogP contribution < -0.4 is 15.7 Å². The molecule has 1 heterocycles. The molecule has 6 nitrogen and oxygen atoms in total. The number of nitrogens with zero attached hydrogens (tertiary/aromatic N) is 1. The minimum Gasteiger partial charge on any atom is -0.545 e. The number of hydrogen-bond donors (Lipinski definition) is 2. The fourth-order valence-electron chi connectivity index (χ4n) is 2.25. The Hall–Kier alpha value is -3.19. The van der Waals surface area contributed by atoms with Crippen LogP contribution in [0, 0.1) is 0 Å². The van der Waals surface area contributed by atoms with Gasteiger partial charge in [0.05, 0.1) is 11.7 Å². The third-order valence-electron chi connectivity index (χ3n) is 3.66. The van der Waals surface area contributed by atoms with Gasteiger partial charge in [-0.15, -0.1) is 11.3 Å². The van der Waals surface area contributed by atoms with Crippen molar-refractivity contribution >= 4 is 39.7 Å². The molecule has 132 valence electrons. The van der Waals surface area contributed by atoms with Gasteiger partial charge in [0, 0.05) is 28.7 Å². The lowest BCUT2D eigenvalue weighted by molar-refractivity contribution is -0.255. The fourth-order valence-corrected chi connectivity index (χ4v) is 2.99. The summed E-state index contributed by atoms with van der Waals surface area (Å²) in [6, 6.07) is 13.8. The number of carbonyl (C=O) groups is 2. The molecule has 0 saturated heterocycles. The molecule has 26 heavy (non-hydrogen) atoms. The van der Waals surface area contributed by atoms with Crippen LogP contribution in [0.15, 0.2) is 53.9 Å². The number of aromatic nitrogens is 1. The van der Waals surface area contributed by atoms with E-state index < -0.39 is 5.97 Å². The molecule has 0 spiro atoms. The highest BCUT2D eigenvalue weighted by atomic mass is 32.1. The maximum atomic E-state index is 11.4. The van der Waals surface area contributed by atoms with Gasteiger partial charge >= 0.3 is 0 Å². The predicted octanol–water partition coefficient (Wildman–Crippen LogP) is 3.27. The van der Waals surface area contributed by atoms with Gasteiger partial charge in [-0.3, -0.25) is 4.79 Å². The minimum absolute atomic E-state index is 0.0254. The second-order valence-corrected chi connectivity index (χ2v) is 6.36. The molecule has 2 aromatic carbocycles. The summed E-state index contributed by atoms with van der Waals surface area (Å²) in [7, 11) is 0. The zero-order chi connectivity index (χ0) is 18.5. The van der Waals surface area contributed by atoms with E-state index in [1.54, 1.807) is 19.1 Å². The lowest BCUT2D eigenvalue weighted by Gasteiger charge is -2.05. The molecule has 0 saturated carbocycles. The Kier molecular flexibility index (Phi) is 5.28. The van der Waals surface area contributed by atoms with E-state index in [9.17, 15) is 14.7 Å². The average Bonchev–Trinajstić information content (AvgIpc) is 3.11. The van der Waals surface area contributed by atoms with Crippen molar-refractivity contribution in [1.29, 1.82) is 0 Å². The van der Waals surface area contributed by atoms with Crippen LogP contribution in [0.4, 0.5) is 16.5 Å². The molecule has 0 aliphatic heterocycles. The molecule has 0 radical (unpaired) electrons. The molecular weight excluding hydrogens is 350 g/mol. The first-order valence-electron chi connectivity index (χ1n) is 7.99. The van der Waals surface area contributed by atoms with E-state index >= 15 is 0 Å². The summed E-state index contributed by atoms with van der Waals surface area (Å²) in [4.78, 5) is 26.7. The smallest absolute Gasteiger partial charge is 0.224 e. The maximum absolute atomic E-state index is 11.4. The Bertz CT molecular complexity index is 918. The SMILES string of the molecule is CCC(=O)Nc1ccc(-c2csc(Nc3ccc(C(=O)[O-])cc3)n2)cc1. The topological polar surface area (TPSA) is 94.2 Å². The summed E-state index contributed by atoms with van der Waals surface area (Å²) in [5, 5.41) is 19.3. The lowest BCUT2D eigenvalue weighted by atomic mass is 10.1. The Balaban J connectivity index is 1.69. The number of hydrogen-bond acceptors (Lipinski definition) is 6. The molecule has 0 aliphatic rings. The molecule has 1 amide bonds. The van der Waals surface area contributed by atoms with Crippen molar-refractivity contribution in [3.8, 4) is 11.3 Å². The number of aromatic carboxylic acids is 1. The van der Waals surface area contributed by atoms with Crippen molar-refractivity contribution < 1.29 is 14.7 Å². The Morgan fingerprint density at radius 1 is 1.04 bits per heavy atom. The van der Waals surface area contributed by atoms with Crippen LogP contribution in [-0.2, 0) is 4.79 Å². The van der Waals surface area contributed by atoms with Gasteiger partial charge in [-0.1, -0.05) is 31.2 Å². The lowest BCUT2D eigenvalue weighted by Crippen LogP contribution is -2.21. The number of carbonyl (C=O) groups excluding carboxylic acids is 2. The van der Waals surface area contributed by atoms with Crippen molar-refractivity contribution in [2.45, 2.75) is 13.3 Å². The molecule has 3 aromatic rings. The highest BCUT2D eigenvalue weighted by Gasteiger charge is 2.06. The quantitative estimate of drug-likeness (QED) is 0.698. The normalized spacial score (nSPS) is 10.3. The first-order chi connectivity index (χ1) is 12.5. The second-order valence-electron chi connectivity index (χ2n) is 5.51. The first-order valence-corrected chi connectivity index (χ1v) is 8.87. The molecule has 1 aromatic heterocycles. The third kappa shape index (κ3) is 4.25. The van der Waals surface area contributed by atoms with Crippen LogP contribution in [-0.4, -0.2) is 16.9 Å². The van der Waals surface area contributed by atoms with Gasteiger partial charge in [-0.2, -0.15) is 0 Å². The highest BCUT2D eigenvalue weighted by molar-refractivity contribution is 7.14. The van der Waals surface area contributed by atoms with Crippen LogP contribution in [0.1, 0.15) is 23.7 Å². The van der Waals surface area contributed by atoms with Crippen LogP contribution >= 0.6 is 11.3 Å². The van der Waals surface area contributed by atoms with Gasteiger partial charge in [0.2, 0.25) is 5.91 Å². The van der Waals surface area contributed by atoms with Gasteiger partial charge in [0.1, 0.15) is 0 Å². The van der Waals surface area contributed by atoms with E-state index in [1.165, 1.54) is 23.5 Å². The van der Waals surface area contributed by atoms with Gasteiger partial charge in [0.15, 0.2) is 5.13 Å². The van der Waals surface area contributed by atoms with E-state index in [4.69, 9.17) is 0 Å². The van der Waals surface area contributed by atoms with Crippen molar-refractivity contribution in [1.82, 2.24) is 4.98 Å². The van der Waals surface area contributed by atoms with Crippen LogP contribution in [0.5, 0.6) is 0 Å². The van der Waals surface area contributed by atoms with Gasteiger partial charge < -0.3 is 20.5 Å². The van der Waals surface area contributed by atoms with E-state index in [1.807, 2.05) is 29.6 Å². The van der Waals surface area contributed by atoms with Crippen molar-refractivity contribution in [2.75, 3.05) is 10.6 Å². The minimum atomic E-state index is -1.20. The number of thiazole rings is 1. The second kappa shape index (κ2) is 7.79. The molecule has 3 rings (SSSR count). The summed E-state index contributed by atoms with van der Waals surface area (Å²) in [6.45, 7) is 1.81. The van der Waals surface area contributed by atoms with Crippen molar-refractivity contribution in [3.05, 3.63) is 59.5 Å². The molecule has 7 heteroatoms. The Morgan fingerprint density at radius 3 is 2.31 bits per heavy atom. The summed E-state index contributed by atoms with van der Waals surface area (Å²) in [5.41, 5.74) is 3.38. The number of carboxylic acid groups (broad SMARTS) is 1.